The third-order valence-electron chi connectivity index (χ3n) is 2.38. The molecule has 0 saturated heterocycles. The molecule has 0 heterocycles. The summed E-state index contributed by atoms with van der Waals surface area (Å²) in [7, 11) is -2.70. The van der Waals surface area contributed by atoms with E-state index in [1.165, 1.54) is 31.4 Å². The lowest BCUT2D eigenvalue weighted by Crippen LogP contribution is -2.39. The van der Waals surface area contributed by atoms with Crippen LogP contribution in [0.5, 0.6) is 0 Å². The molecule has 0 fully saturated rings. The van der Waals surface area contributed by atoms with Gasteiger partial charge in [0.2, 0.25) is 15.9 Å². The maximum absolute atomic E-state index is 11.8. The Kier molecular flexibility index (Phi) is 5.19. The molecule has 0 radical (unpaired) electrons. The highest BCUT2D eigenvalue weighted by atomic mass is 32.2. The van der Waals surface area contributed by atoms with Crippen LogP contribution < -0.4 is 10.5 Å². The number of hydrogen-bond acceptors (Lipinski definition) is 6. The molecule has 1 rings (SSSR count). The number of carbonyl (C=O) groups is 2. The van der Waals surface area contributed by atoms with Crippen molar-refractivity contribution in [2.75, 3.05) is 13.7 Å². The molecule has 0 aromatic heterocycles. The Morgan fingerprint density at radius 3 is 2.35 bits per heavy atom. The fourth-order valence-corrected chi connectivity index (χ4v) is 2.30. The van der Waals surface area contributed by atoms with Gasteiger partial charge in [-0.05, 0) is 24.3 Å². The lowest BCUT2D eigenvalue weighted by molar-refractivity contribution is -0.125. The molecule has 1 aromatic carbocycles. The van der Waals surface area contributed by atoms with Crippen LogP contribution >= 0.6 is 0 Å². The van der Waals surface area contributed by atoms with Crippen LogP contribution in [-0.2, 0) is 19.6 Å². The van der Waals surface area contributed by atoms with Gasteiger partial charge in [0.25, 0.3) is 0 Å². The van der Waals surface area contributed by atoms with E-state index in [0.717, 1.165) is 0 Å². The normalized spacial score (nSPS) is 12.7. The molecule has 8 nitrogen and oxygen atoms in total. The molecule has 0 saturated carbocycles. The zero-order valence-corrected chi connectivity index (χ0v) is 11.4. The quantitative estimate of drug-likeness (QED) is 0.553. The summed E-state index contributed by atoms with van der Waals surface area (Å²) in [6, 6.07) is 4.96. The number of aliphatic hydroxyl groups excluding tert-OH is 1. The zero-order chi connectivity index (χ0) is 15.3. The topological polar surface area (TPSA) is 136 Å². The van der Waals surface area contributed by atoms with Gasteiger partial charge in [0, 0.05) is 6.54 Å². The van der Waals surface area contributed by atoms with Gasteiger partial charge in [-0.3, -0.25) is 4.79 Å². The number of carbonyl (C=O) groups excluding carboxylic acids is 2. The van der Waals surface area contributed by atoms with Gasteiger partial charge in [-0.2, -0.15) is 0 Å². The lowest BCUT2D eigenvalue weighted by Gasteiger charge is -2.09. The summed E-state index contributed by atoms with van der Waals surface area (Å²) in [5.74, 6) is -1.63. The lowest BCUT2D eigenvalue weighted by atomic mass is 10.2. The molecule has 9 heteroatoms. The van der Waals surface area contributed by atoms with Crippen molar-refractivity contribution < 1.29 is 27.9 Å². The van der Waals surface area contributed by atoms with Crippen molar-refractivity contribution in [1.29, 1.82) is 0 Å². The van der Waals surface area contributed by atoms with Crippen LogP contribution in [0, 0.1) is 0 Å². The highest BCUT2D eigenvalue weighted by Gasteiger charge is 2.18. The fourth-order valence-electron chi connectivity index (χ4n) is 1.26. The first kappa shape index (κ1) is 16.1. The Hall–Kier alpha value is -1.97. The molecule has 110 valence electrons. The van der Waals surface area contributed by atoms with Crippen molar-refractivity contribution in [1.82, 2.24) is 4.72 Å². The van der Waals surface area contributed by atoms with Crippen LogP contribution in [0.3, 0.4) is 0 Å². The summed E-state index contributed by atoms with van der Waals surface area (Å²) >= 11 is 0. The molecule has 1 aromatic rings. The first-order chi connectivity index (χ1) is 9.27. The second-order valence-corrected chi connectivity index (χ2v) is 5.55. The Bertz CT molecular complexity index is 596. The van der Waals surface area contributed by atoms with Gasteiger partial charge in [0.1, 0.15) is 6.10 Å². The largest absolute Gasteiger partial charge is 0.465 e. The summed E-state index contributed by atoms with van der Waals surface area (Å²) in [5.41, 5.74) is 5.00. The number of sulfonamides is 1. The number of hydrogen-bond donors (Lipinski definition) is 3. The number of nitrogens with one attached hydrogen (secondary N) is 1. The van der Waals surface area contributed by atoms with Gasteiger partial charge in [0.05, 0.1) is 17.6 Å². The predicted molar refractivity (Wildman–Crippen MR) is 68.2 cm³/mol. The maximum Gasteiger partial charge on any atom is 0.337 e. The minimum absolute atomic E-state index is 0.123. The minimum Gasteiger partial charge on any atom is -0.465 e. The molecule has 0 spiro atoms. The van der Waals surface area contributed by atoms with Crippen LogP contribution in [0.15, 0.2) is 29.2 Å². The average Bonchev–Trinajstić information content (AvgIpc) is 2.44. The fraction of sp³-hybridized carbons (Fsp3) is 0.273. The van der Waals surface area contributed by atoms with E-state index in [1.807, 2.05) is 4.72 Å². The monoisotopic (exact) mass is 302 g/mol. The summed E-state index contributed by atoms with van der Waals surface area (Å²) in [4.78, 5) is 21.7. The minimum atomic E-state index is -3.91. The summed E-state index contributed by atoms with van der Waals surface area (Å²) in [6.07, 6.45) is -1.61. The van der Waals surface area contributed by atoms with Crippen molar-refractivity contribution in [3.05, 3.63) is 29.8 Å². The molecular formula is C11H14N2O6S. The van der Waals surface area contributed by atoms with Gasteiger partial charge in [-0.25, -0.2) is 17.9 Å². The van der Waals surface area contributed by atoms with Crippen LogP contribution in [0.2, 0.25) is 0 Å². The van der Waals surface area contributed by atoms with E-state index in [-0.39, 0.29) is 10.5 Å². The smallest absolute Gasteiger partial charge is 0.337 e. The molecule has 0 aliphatic rings. The van der Waals surface area contributed by atoms with Crippen LogP contribution in [0.4, 0.5) is 0 Å². The van der Waals surface area contributed by atoms with Gasteiger partial charge < -0.3 is 15.6 Å². The molecule has 0 aliphatic heterocycles. The molecule has 1 amide bonds. The number of nitrogens with two attached hydrogens (primary N) is 1. The number of esters is 1. The van der Waals surface area contributed by atoms with E-state index in [0.29, 0.717) is 0 Å². The van der Waals surface area contributed by atoms with Gasteiger partial charge in [-0.1, -0.05) is 0 Å². The average molecular weight is 302 g/mol. The number of rotatable bonds is 6. The third-order valence-corrected chi connectivity index (χ3v) is 3.82. The number of primary amides is 1. The van der Waals surface area contributed by atoms with Crippen molar-refractivity contribution >= 4 is 21.9 Å². The Balaban J connectivity index is 2.83. The number of methoxy groups -OCH3 is 1. The highest BCUT2D eigenvalue weighted by molar-refractivity contribution is 7.89. The van der Waals surface area contributed by atoms with Crippen LogP contribution in [0.1, 0.15) is 10.4 Å². The van der Waals surface area contributed by atoms with E-state index in [1.54, 1.807) is 0 Å². The number of ether oxygens (including phenoxy) is 1. The molecule has 1 unspecified atom stereocenters. The van der Waals surface area contributed by atoms with Crippen molar-refractivity contribution in [2.45, 2.75) is 11.0 Å². The van der Waals surface area contributed by atoms with E-state index in [9.17, 15) is 18.0 Å². The first-order valence-electron chi connectivity index (χ1n) is 5.43. The van der Waals surface area contributed by atoms with E-state index in [4.69, 9.17) is 10.8 Å². The third kappa shape index (κ3) is 4.02. The molecule has 4 N–H and O–H groups in total. The molecule has 20 heavy (non-hydrogen) atoms. The Morgan fingerprint density at radius 2 is 1.90 bits per heavy atom. The van der Waals surface area contributed by atoms with Crippen molar-refractivity contribution in [2.24, 2.45) is 5.73 Å². The van der Waals surface area contributed by atoms with Crippen molar-refractivity contribution in [3.63, 3.8) is 0 Å². The number of amides is 1. The summed E-state index contributed by atoms with van der Waals surface area (Å²) < 4.78 is 30.1. The van der Waals surface area contributed by atoms with Crippen molar-refractivity contribution in [3.8, 4) is 0 Å². The first-order valence-corrected chi connectivity index (χ1v) is 6.91. The van der Waals surface area contributed by atoms with Crippen LogP contribution in [0.25, 0.3) is 0 Å². The standard InChI is InChI=1S/C11H14N2O6S/c1-19-11(16)7-2-4-8(5-3-7)20(17,18)13-6-9(14)10(12)15/h2-5,9,13-14H,6H2,1H3,(H2,12,15). The Labute approximate surface area is 115 Å². The summed E-state index contributed by atoms with van der Waals surface area (Å²) in [5, 5.41) is 9.12. The Morgan fingerprint density at radius 1 is 1.35 bits per heavy atom. The van der Waals surface area contributed by atoms with Gasteiger partial charge >= 0.3 is 5.97 Å². The van der Waals surface area contributed by atoms with E-state index in [2.05, 4.69) is 4.74 Å². The highest BCUT2D eigenvalue weighted by Crippen LogP contribution is 2.11. The molecular weight excluding hydrogens is 288 g/mol. The van der Waals surface area contributed by atoms with Crippen LogP contribution in [-0.4, -0.2) is 45.2 Å². The molecule has 1 atom stereocenters. The predicted octanol–water partition coefficient (Wildman–Crippen LogP) is -1.40. The second kappa shape index (κ2) is 6.46. The SMILES string of the molecule is COC(=O)c1ccc(S(=O)(=O)NCC(O)C(N)=O)cc1. The number of benzene rings is 1. The second-order valence-electron chi connectivity index (χ2n) is 3.79. The summed E-state index contributed by atoms with van der Waals surface area (Å²) in [6.45, 7) is -0.531. The molecule has 0 aliphatic carbocycles. The maximum atomic E-state index is 11.8. The molecule has 0 bridgehead atoms. The van der Waals surface area contributed by atoms with E-state index < -0.39 is 34.5 Å². The zero-order valence-electron chi connectivity index (χ0n) is 10.6. The van der Waals surface area contributed by atoms with Gasteiger partial charge in [-0.15, -0.1) is 0 Å². The van der Waals surface area contributed by atoms with Gasteiger partial charge in [0.15, 0.2) is 0 Å². The number of aliphatic hydroxyl groups is 1. The van der Waals surface area contributed by atoms with E-state index >= 15 is 0 Å².